The Labute approximate surface area is 654 Å². The molecule has 0 saturated heterocycles. The molecule has 0 aliphatic heterocycles. The zero-order valence-corrected chi connectivity index (χ0v) is 69.0. The summed E-state index contributed by atoms with van der Waals surface area (Å²) in [4.78, 5) is 73.2. The van der Waals surface area contributed by atoms with Crippen molar-refractivity contribution in [3.63, 3.8) is 0 Å². The molecular formula is C89H146O17P2. The highest BCUT2D eigenvalue weighted by Gasteiger charge is 2.30. The van der Waals surface area contributed by atoms with Gasteiger partial charge < -0.3 is 33.8 Å². The van der Waals surface area contributed by atoms with Crippen LogP contribution in [0.3, 0.4) is 0 Å². The van der Waals surface area contributed by atoms with Crippen LogP contribution < -0.4 is 0 Å². The Bertz CT molecular complexity index is 2710. The number of carbonyl (C=O) groups is 4. The van der Waals surface area contributed by atoms with Crippen LogP contribution in [0.25, 0.3) is 0 Å². The monoisotopic (exact) mass is 1550 g/mol. The predicted molar refractivity (Wildman–Crippen MR) is 445 cm³/mol. The minimum absolute atomic E-state index is 0.0462. The topological polar surface area (TPSA) is 237 Å². The van der Waals surface area contributed by atoms with E-state index in [1.165, 1.54) is 38.5 Å². The number of hydrogen-bond donors (Lipinski definition) is 3. The number of phosphoric acid groups is 2. The summed E-state index contributed by atoms with van der Waals surface area (Å²) in [6.45, 7) is 4.49. The Hall–Kier alpha value is -5.58. The number of unbranched alkanes of at least 4 members (excludes halogenated alkanes) is 22. The quantitative estimate of drug-likeness (QED) is 0.0169. The van der Waals surface area contributed by atoms with E-state index in [0.29, 0.717) is 25.7 Å². The van der Waals surface area contributed by atoms with Gasteiger partial charge in [0.15, 0.2) is 12.2 Å². The van der Waals surface area contributed by atoms with E-state index >= 15 is 0 Å². The van der Waals surface area contributed by atoms with Crippen molar-refractivity contribution in [1.29, 1.82) is 0 Å². The largest absolute Gasteiger partial charge is 0.472 e. The molecule has 0 aliphatic rings. The van der Waals surface area contributed by atoms with Crippen LogP contribution in [0.4, 0.5) is 0 Å². The number of phosphoric ester groups is 2. The molecule has 5 atom stereocenters. The van der Waals surface area contributed by atoms with Gasteiger partial charge in [-0.05, 0) is 180 Å². The maximum absolute atomic E-state index is 13.1. The zero-order valence-electron chi connectivity index (χ0n) is 67.2. The van der Waals surface area contributed by atoms with Gasteiger partial charge in [0.1, 0.15) is 19.3 Å². The minimum atomic E-state index is -5.00. The molecule has 0 aromatic heterocycles. The summed E-state index contributed by atoms with van der Waals surface area (Å²) in [6.07, 6.45) is 94.6. The third-order valence-corrected chi connectivity index (χ3v) is 18.5. The second-order valence-corrected chi connectivity index (χ2v) is 29.8. The first-order valence-electron chi connectivity index (χ1n) is 41.4. The van der Waals surface area contributed by atoms with Gasteiger partial charge in [-0.1, -0.05) is 275 Å². The van der Waals surface area contributed by atoms with E-state index in [9.17, 15) is 43.2 Å². The molecule has 108 heavy (non-hydrogen) atoms. The van der Waals surface area contributed by atoms with Gasteiger partial charge in [0.25, 0.3) is 0 Å². The maximum atomic E-state index is 13.1. The number of esters is 4. The van der Waals surface area contributed by atoms with Crippen molar-refractivity contribution in [1.82, 2.24) is 0 Å². The fourth-order valence-electron chi connectivity index (χ4n) is 10.4. The van der Waals surface area contributed by atoms with Gasteiger partial charge in [-0.25, -0.2) is 9.13 Å². The molecule has 0 rings (SSSR count). The summed E-state index contributed by atoms with van der Waals surface area (Å²) in [5, 5.41) is 10.7. The van der Waals surface area contributed by atoms with Crippen LogP contribution >= 0.6 is 15.6 Å². The normalized spacial score (nSPS) is 14.7. The van der Waals surface area contributed by atoms with Crippen molar-refractivity contribution >= 4 is 39.5 Å². The Morgan fingerprint density at radius 2 is 0.481 bits per heavy atom. The number of aliphatic hydroxyl groups is 1. The minimum Gasteiger partial charge on any atom is -0.462 e. The number of ether oxygens (including phenoxy) is 4. The lowest BCUT2D eigenvalue weighted by Gasteiger charge is -2.21. The lowest BCUT2D eigenvalue weighted by Crippen LogP contribution is -2.30. The molecule has 19 heteroatoms. The molecule has 0 amide bonds. The van der Waals surface area contributed by atoms with Crippen molar-refractivity contribution in [3.05, 3.63) is 170 Å². The number of hydrogen-bond acceptors (Lipinski definition) is 15. The molecule has 0 bridgehead atoms. The average molecular weight is 1550 g/mol. The first kappa shape index (κ1) is 102. The lowest BCUT2D eigenvalue weighted by molar-refractivity contribution is -0.161. The summed E-state index contributed by atoms with van der Waals surface area (Å²) >= 11 is 0. The molecule has 0 saturated carbocycles. The highest BCUT2D eigenvalue weighted by Crippen LogP contribution is 2.45. The van der Waals surface area contributed by atoms with E-state index < -0.39 is 97.5 Å². The van der Waals surface area contributed by atoms with Crippen molar-refractivity contribution in [3.8, 4) is 0 Å². The van der Waals surface area contributed by atoms with Crippen LogP contribution in [0.1, 0.15) is 310 Å². The van der Waals surface area contributed by atoms with E-state index in [1.54, 1.807) is 0 Å². The van der Waals surface area contributed by atoms with E-state index in [4.69, 9.17) is 37.0 Å². The first-order valence-corrected chi connectivity index (χ1v) is 44.4. The van der Waals surface area contributed by atoms with Crippen molar-refractivity contribution in [2.75, 3.05) is 39.6 Å². The second kappa shape index (κ2) is 79.5. The van der Waals surface area contributed by atoms with Gasteiger partial charge in [0.2, 0.25) is 0 Å². The predicted octanol–water partition coefficient (Wildman–Crippen LogP) is 24.6. The molecule has 0 aliphatic carbocycles. The molecular weight excluding hydrogens is 1400 g/mol. The van der Waals surface area contributed by atoms with E-state index in [2.05, 4.69) is 198 Å². The van der Waals surface area contributed by atoms with Crippen LogP contribution in [-0.4, -0.2) is 96.7 Å². The summed E-state index contributed by atoms with van der Waals surface area (Å²) in [5.41, 5.74) is 0. The standard InChI is InChI=1S/C89H146O17P2/c1-5-9-13-17-21-25-29-33-37-39-41-43-47-50-54-58-62-66-70-74-87(92)100-80-84(105-88(93)75-71-67-63-59-55-51-46-36-32-28-24-20-16-12-8-4)81-103-107(95,96)101-77-83(90)78-102-108(97,98)104-82-85(79-99-86(91)73-69-65-61-57-53-49-45-35-31-27-23-19-15-11-7-3)106-89(94)76-72-68-64-60-56-52-48-44-42-40-38-34-30-26-22-18-14-10-6-2/h9-10,13-14,21-28,33-38,41-46,50,52,54,56,83-85,90H,5-8,11-12,15-20,29-32,39-40,47-49,51,53,55,57-82H2,1-4H3,(H,95,96)(H,97,98)/b13-9-,14-10-,25-21-,26-22-,27-23-,28-24-,37-33-,38-34-,43-41-,44-42-,45-35-,46-36-,54-50-,56-52-/t83-,84-,85-/m1/s1. The van der Waals surface area contributed by atoms with Crippen LogP contribution in [-0.2, 0) is 65.4 Å². The van der Waals surface area contributed by atoms with Gasteiger partial charge in [-0.3, -0.25) is 37.3 Å². The lowest BCUT2D eigenvalue weighted by atomic mass is 10.1. The molecule has 614 valence electrons. The highest BCUT2D eigenvalue weighted by atomic mass is 31.2. The molecule has 17 nitrogen and oxygen atoms in total. The number of aliphatic hydroxyl groups excluding tert-OH is 1. The molecule has 2 unspecified atom stereocenters. The number of carbonyl (C=O) groups excluding carboxylic acids is 4. The van der Waals surface area contributed by atoms with Gasteiger partial charge in [-0.2, -0.15) is 0 Å². The van der Waals surface area contributed by atoms with Gasteiger partial charge in [0, 0.05) is 25.7 Å². The fraction of sp³-hybridized carbons (Fsp3) is 0.640. The molecule has 0 fully saturated rings. The van der Waals surface area contributed by atoms with Crippen LogP contribution in [0.5, 0.6) is 0 Å². The van der Waals surface area contributed by atoms with Crippen molar-refractivity contribution in [2.24, 2.45) is 0 Å². The van der Waals surface area contributed by atoms with Crippen molar-refractivity contribution in [2.45, 2.75) is 329 Å². The summed E-state index contributed by atoms with van der Waals surface area (Å²) < 4.78 is 68.7. The van der Waals surface area contributed by atoms with Crippen LogP contribution in [0.15, 0.2) is 170 Å². The Morgan fingerprint density at radius 1 is 0.269 bits per heavy atom. The molecule has 3 N–H and O–H groups in total. The third kappa shape index (κ3) is 78.5. The smallest absolute Gasteiger partial charge is 0.462 e. The van der Waals surface area contributed by atoms with Gasteiger partial charge >= 0.3 is 39.5 Å². The Kier molecular flexibility index (Phi) is 75.4. The number of rotatable bonds is 76. The van der Waals surface area contributed by atoms with E-state index in [-0.39, 0.29) is 25.7 Å². The Balaban J connectivity index is 5.48. The maximum Gasteiger partial charge on any atom is 0.472 e. The van der Waals surface area contributed by atoms with Crippen molar-refractivity contribution < 1.29 is 80.2 Å². The molecule has 0 heterocycles. The van der Waals surface area contributed by atoms with Gasteiger partial charge in [-0.15, -0.1) is 0 Å². The van der Waals surface area contributed by atoms with Crippen LogP contribution in [0, 0.1) is 0 Å². The first-order chi connectivity index (χ1) is 52.7. The highest BCUT2D eigenvalue weighted by molar-refractivity contribution is 7.47. The fourth-order valence-corrected chi connectivity index (χ4v) is 12.0. The molecule has 0 aromatic rings. The van der Waals surface area contributed by atoms with Crippen LogP contribution in [0.2, 0.25) is 0 Å². The van der Waals surface area contributed by atoms with E-state index in [0.717, 1.165) is 193 Å². The SMILES string of the molecule is CC/C=C\C/C=C\C/C=C\C/C=C\C/C=C\CCCCCC(=O)OC[C@H](COP(=O)(O)OC[C@@H](O)COP(=O)(O)OC[C@@H](COC(=O)CCCCCCC/C=C\C/C=C\CCCCC)OC(=O)CCCCC/C=C\C/C=C\C/C=C\C/C=C\C/C=C\CC)OC(=O)CCCCCCC/C=C\C/C=C\CCCCC. The van der Waals surface area contributed by atoms with E-state index in [1.807, 2.05) is 0 Å². The molecule has 0 radical (unpaired) electrons. The second-order valence-electron chi connectivity index (χ2n) is 26.9. The summed E-state index contributed by atoms with van der Waals surface area (Å²) in [7, 11) is -10.0. The van der Waals surface area contributed by atoms with Gasteiger partial charge in [0.05, 0.1) is 26.4 Å². The third-order valence-electron chi connectivity index (χ3n) is 16.6. The molecule has 0 spiro atoms. The summed E-state index contributed by atoms with van der Waals surface area (Å²) in [6, 6.07) is 0. The number of allylic oxidation sites excluding steroid dienone is 28. The zero-order chi connectivity index (χ0) is 78.9. The average Bonchev–Trinajstić information content (AvgIpc) is 0.914. The molecule has 0 aromatic carbocycles. The Morgan fingerprint density at radius 3 is 0.750 bits per heavy atom. The summed E-state index contributed by atoms with van der Waals surface area (Å²) in [5.74, 6) is -2.29.